The average molecular weight is 292 g/mol. The summed E-state index contributed by atoms with van der Waals surface area (Å²) in [4.78, 5) is 15.0. The van der Waals surface area contributed by atoms with Crippen LogP contribution in [-0.2, 0) is 4.74 Å². The van der Waals surface area contributed by atoms with Crippen LogP contribution in [0.1, 0.15) is 26.7 Å². The summed E-state index contributed by atoms with van der Waals surface area (Å²) in [5, 5.41) is 3.35. The fourth-order valence-corrected chi connectivity index (χ4v) is 2.74. The zero-order valence-corrected chi connectivity index (χ0v) is 12.8. The van der Waals surface area contributed by atoms with Gasteiger partial charge in [-0.15, -0.1) is 0 Å². The van der Waals surface area contributed by atoms with Crippen LogP contribution in [0.4, 0.5) is 17.8 Å². The highest BCUT2D eigenvalue weighted by Gasteiger charge is 2.45. The second-order valence-corrected chi connectivity index (χ2v) is 6.29. The summed E-state index contributed by atoms with van der Waals surface area (Å²) in [7, 11) is 0. The van der Waals surface area contributed by atoms with E-state index in [2.05, 4.69) is 39.0 Å². The molecule has 0 unspecified atom stereocenters. The molecule has 0 atom stereocenters. The van der Waals surface area contributed by atoms with Gasteiger partial charge in [0, 0.05) is 19.6 Å². The van der Waals surface area contributed by atoms with Crippen LogP contribution in [0, 0.1) is 11.3 Å². The van der Waals surface area contributed by atoms with Crippen molar-refractivity contribution < 1.29 is 4.74 Å². The van der Waals surface area contributed by atoms with E-state index in [4.69, 9.17) is 10.5 Å². The number of morpholine rings is 1. The van der Waals surface area contributed by atoms with E-state index in [-0.39, 0.29) is 5.95 Å². The van der Waals surface area contributed by atoms with Gasteiger partial charge in [-0.2, -0.15) is 15.0 Å². The van der Waals surface area contributed by atoms with E-state index in [0.29, 0.717) is 36.4 Å². The number of nitrogens with one attached hydrogen (secondary N) is 1. The summed E-state index contributed by atoms with van der Waals surface area (Å²) in [6, 6.07) is 0. The van der Waals surface area contributed by atoms with Gasteiger partial charge in [0.25, 0.3) is 0 Å². The summed E-state index contributed by atoms with van der Waals surface area (Å²) in [5.74, 6) is 2.16. The quantitative estimate of drug-likeness (QED) is 0.841. The van der Waals surface area contributed by atoms with E-state index < -0.39 is 0 Å². The molecule has 0 bridgehead atoms. The van der Waals surface area contributed by atoms with Gasteiger partial charge in [0.1, 0.15) is 0 Å². The topological polar surface area (TPSA) is 89.2 Å². The number of ether oxygens (including phenoxy) is 1. The maximum Gasteiger partial charge on any atom is 0.232 e. The number of nitrogen functional groups attached to an aromatic ring is 1. The zero-order chi connectivity index (χ0) is 14.9. The Kier molecular flexibility index (Phi) is 3.84. The molecule has 2 fully saturated rings. The molecule has 1 aliphatic carbocycles. The monoisotopic (exact) mass is 292 g/mol. The van der Waals surface area contributed by atoms with Crippen molar-refractivity contribution >= 4 is 17.8 Å². The summed E-state index contributed by atoms with van der Waals surface area (Å²) in [6.45, 7) is 8.43. The van der Waals surface area contributed by atoms with Gasteiger partial charge in [-0.05, 0) is 24.2 Å². The second-order valence-electron chi connectivity index (χ2n) is 6.29. The lowest BCUT2D eigenvalue weighted by molar-refractivity contribution is 0.122. The summed E-state index contributed by atoms with van der Waals surface area (Å²) in [5.41, 5.74) is 6.22. The summed E-state index contributed by atoms with van der Waals surface area (Å²) in [6.07, 6.45) is 2.54. The number of nitrogens with zero attached hydrogens (tertiary/aromatic N) is 4. The average Bonchev–Trinajstić information content (AvgIpc) is 3.27. The highest BCUT2D eigenvalue weighted by molar-refractivity contribution is 5.42. The van der Waals surface area contributed by atoms with Crippen LogP contribution in [0.5, 0.6) is 0 Å². The molecule has 116 valence electrons. The highest BCUT2D eigenvalue weighted by Crippen LogP contribution is 2.51. The third-order valence-electron chi connectivity index (χ3n) is 4.65. The van der Waals surface area contributed by atoms with E-state index in [1.807, 2.05) is 0 Å². The Morgan fingerprint density at radius 2 is 1.95 bits per heavy atom. The minimum Gasteiger partial charge on any atom is -0.378 e. The molecule has 2 heterocycles. The Morgan fingerprint density at radius 3 is 2.57 bits per heavy atom. The van der Waals surface area contributed by atoms with Crippen molar-refractivity contribution in [1.82, 2.24) is 15.0 Å². The SMILES string of the molecule is CC(C)C1(CNc2nc(N)nc(N3CCOCC3)n2)CC1. The third kappa shape index (κ3) is 3.18. The van der Waals surface area contributed by atoms with Crippen molar-refractivity contribution in [1.29, 1.82) is 0 Å². The molecule has 1 aromatic rings. The molecule has 0 radical (unpaired) electrons. The van der Waals surface area contributed by atoms with Crippen LogP contribution in [0.2, 0.25) is 0 Å². The Labute approximate surface area is 125 Å². The fourth-order valence-electron chi connectivity index (χ4n) is 2.74. The number of anilines is 3. The van der Waals surface area contributed by atoms with E-state index in [9.17, 15) is 0 Å². The minimum absolute atomic E-state index is 0.267. The number of rotatable bonds is 5. The van der Waals surface area contributed by atoms with Crippen LogP contribution in [0.25, 0.3) is 0 Å². The molecule has 21 heavy (non-hydrogen) atoms. The minimum atomic E-state index is 0.267. The van der Waals surface area contributed by atoms with Gasteiger partial charge < -0.3 is 20.7 Å². The van der Waals surface area contributed by atoms with E-state index in [0.717, 1.165) is 19.6 Å². The summed E-state index contributed by atoms with van der Waals surface area (Å²) >= 11 is 0. The van der Waals surface area contributed by atoms with E-state index >= 15 is 0 Å². The molecular weight excluding hydrogens is 268 g/mol. The lowest BCUT2D eigenvalue weighted by Gasteiger charge is -2.27. The van der Waals surface area contributed by atoms with Gasteiger partial charge in [-0.25, -0.2) is 0 Å². The summed E-state index contributed by atoms with van der Waals surface area (Å²) < 4.78 is 5.35. The standard InChI is InChI=1S/C14H24N6O/c1-10(2)14(3-4-14)9-16-12-17-11(15)18-13(19-12)20-5-7-21-8-6-20/h10H,3-9H2,1-2H3,(H3,15,16,17,18,19). The molecule has 0 aromatic carbocycles. The first-order valence-corrected chi connectivity index (χ1v) is 7.67. The Hall–Kier alpha value is -1.63. The Balaban J connectivity index is 1.69. The molecule has 7 heteroatoms. The Morgan fingerprint density at radius 1 is 1.24 bits per heavy atom. The first-order chi connectivity index (χ1) is 10.1. The van der Waals surface area contributed by atoms with Crippen LogP contribution >= 0.6 is 0 Å². The van der Waals surface area contributed by atoms with Crippen LogP contribution < -0.4 is 16.0 Å². The second kappa shape index (κ2) is 5.63. The van der Waals surface area contributed by atoms with E-state index in [1.54, 1.807) is 0 Å². The fraction of sp³-hybridized carbons (Fsp3) is 0.786. The lowest BCUT2D eigenvalue weighted by atomic mass is 9.92. The molecule has 0 spiro atoms. The number of nitrogens with two attached hydrogens (primary N) is 1. The van der Waals surface area contributed by atoms with Gasteiger partial charge in [-0.3, -0.25) is 0 Å². The molecule has 1 saturated heterocycles. The normalized spacial score (nSPS) is 20.6. The van der Waals surface area contributed by atoms with Crippen molar-refractivity contribution in [3.8, 4) is 0 Å². The maximum atomic E-state index is 5.82. The predicted molar refractivity (Wildman–Crippen MR) is 82.3 cm³/mol. The Bertz CT molecular complexity index is 496. The molecule has 2 aliphatic rings. The predicted octanol–water partition coefficient (Wildman–Crippen LogP) is 1.14. The smallest absolute Gasteiger partial charge is 0.232 e. The third-order valence-corrected chi connectivity index (χ3v) is 4.65. The van der Waals surface area contributed by atoms with Crippen LogP contribution in [0.3, 0.4) is 0 Å². The molecule has 0 amide bonds. The van der Waals surface area contributed by atoms with Crippen molar-refractivity contribution in [3.05, 3.63) is 0 Å². The largest absolute Gasteiger partial charge is 0.378 e. The van der Waals surface area contributed by atoms with E-state index in [1.165, 1.54) is 12.8 Å². The molecule has 3 N–H and O–H groups in total. The first-order valence-electron chi connectivity index (χ1n) is 7.67. The van der Waals surface area contributed by atoms with Gasteiger partial charge in [0.2, 0.25) is 17.8 Å². The van der Waals surface area contributed by atoms with Gasteiger partial charge >= 0.3 is 0 Å². The molecule has 1 saturated carbocycles. The van der Waals surface area contributed by atoms with Gasteiger partial charge in [0.15, 0.2) is 0 Å². The maximum absolute atomic E-state index is 5.82. The zero-order valence-electron chi connectivity index (χ0n) is 12.8. The molecule has 1 aromatic heterocycles. The first kappa shape index (κ1) is 14.3. The highest BCUT2D eigenvalue weighted by atomic mass is 16.5. The van der Waals surface area contributed by atoms with Gasteiger partial charge in [-0.1, -0.05) is 13.8 Å². The van der Waals surface area contributed by atoms with Crippen molar-refractivity contribution in [2.45, 2.75) is 26.7 Å². The molecule has 3 rings (SSSR count). The number of hydrogen-bond acceptors (Lipinski definition) is 7. The van der Waals surface area contributed by atoms with Gasteiger partial charge in [0.05, 0.1) is 13.2 Å². The number of aromatic nitrogens is 3. The lowest BCUT2D eigenvalue weighted by Crippen LogP contribution is -2.37. The van der Waals surface area contributed by atoms with Crippen molar-refractivity contribution in [2.75, 3.05) is 48.8 Å². The number of hydrogen-bond donors (Lipinski definition) is 2. The van der Waals surface area contributed by atoms with Crippen molar-refractivity contribution in [2.24, 2.45) is 11.3 Å². The molecule has 1 aliphatic heterocycles. The molecular formula is C14H24N6O. The van der Waals surface area contributed by atoms with Crippen molar-refractivity contribution in [3.63, 3.8) is 0 Å². The molecule has 7 nitrogen and oxygen atoms in total. The van der Waals surface area contributed by atoms with Crippen LogP contribution in [0.15, 0.2) is 0 Å². The van der Waals surface area contributed by atoms with Crippen LogP contribution in [-0.4, -0.2) is 47.8 Å².